The Morgan fingerprint density at radius 3 is 2.39 bits per heavy atom. The van der Waals surface area contributed by atoms with E-state index in [1.165, 1.54) is 32.1 Å². The minimum Gasteiger partial charge on any atom is -0.480 e. The molecule has 1 aliphatic carbocycles. The number of carbonyl (C=O) groups is 1. The van der Waals surface area contributed by atoms with Gasteiger partial charge in [0.2, 0.25) is 0 Å². The molecule has 0 saturated heterocycles. The molecule has 1 saturated carbocycles. The Hall–Kier alpha value is -0.570. The van der Waals surface area contributed by atoms with Crippen LogP contribution in [0.2, 0.25) is 0 Å². The molecule has 0 aromatic heterocycles. The highest BCUT2D eigenvalue weighted by Gasteiger charge is 2.36. The van der Waals surface area contributed by atoms with Gasteiger partial charge in [-0.3, -0.25) is 4.79 Å². The molecule has 2 unspecified atom stereocenters. The maximum atomic E-state index is 11.1. The van der Waals surface area contributed by atoms with Gasteiger partial charge in [-0.1, -0.05) is 39.5 Å². The number of aliphatic carboxylic acids is 1. The number of rotatable bonds is 6. The predicted molar refractivity (Wildman–Crippen MR) is 74.4 cm³/mol. The van der Waals surface area contributed by atoms with E-state index in [1.807, 2.05) is 0 Å². The van der Waals surface area contributed by atoms with Crippen molar-refractivity contribution in [3.8, 4) is 0 Å². The van der Waals surface area contributed by atoms with Gasteiger partial charge in [-0.25, -0.2) is 0 Å². The molecule has 0 aliphatic heterocycles. The van der Waals surface area contributed by atoms with Crippen LogP contribution in [0.1, 0.15) is 72.1 Å². The largest absolute Gasteiger partial charge is 0.480 e. The summed E-state index contributed by atoms with van der Waals surface area (Å²) in [7, 11) is 0. The molecule has 0 heterocycles. The van der Waals surface area contributed by atoms with E-state index < -0.39 is 11.5 Å². The van der Waals surface area contributed by atoms with Crippen molar-refractivity contribution in [2.24, 2.45) is 17.1 Å². The lowest BCUT2D eigenvalue weighted by atomic mass is 9.64. The van der Waals surface area contributed by atoms with Crippen molar-refractivity contribution < 1.29 is 9.90 Å². The third-order valence-corrected chi connectivity index (χ3v) is 4.97. The highest BCUT2D eigenvalue weighted by atomic mass is 16.4. The van der Waals surface area contributed by atoms with Gasteiger partial charge in [0.15, 0.2) is 0 Å². The van der Waals surface area contributed by atoms with Gasteiger partial charge in [-0.2, -0.15) is 0 Å². The van der Waals surface area contributed by atoms with E-state index in [1.54, 1.807) is 6.92 Å². The van der Waals surface area contributed by atoms with Gasteiger partial charge in [0.1, 0.15) is 5.54 Å². The van der Waals surface area contributed by atoms with Crippen molar-refractivity contribution in [1.29, 1.82) is 0 Å². The van der Waals surface area contributed by atoms with Crippen LogP contribution in [0, 0.1) is 11.3 Å². The van der Waals surface area contributed by atoms with E-state index in [4.69, 9.17) is 10.8 Å². The van der Waals surface area contributed by atoms with Crippen LogP contribution < -0.4 is 5.73 Å². The van der Waals surface area contributed by atoms with Crippen LogP contribution in [0.15, 0.2) is 0 Å². The van der Waals surface area contributed by atoms with Gasteiger partial charge in [-0.05, 0) is 43.9 Å². The Morgan fingerprint density at radius 1 is 1.39 bits per heavy atom. The first-order valence-electron chi connectivity index (χ1n) is 7.34. The first kappa shape index (κ1) is 15.5. The normalized spacial score (nSPS) is 24.2. The molecule has 1 aliphatic rings. The molecule has 3 heteroatoms. The Bertz CT molecular complexity index is 280. The summed E-state index contributed by atoms with van der Waals surface area (Å²) in [5.41, 5.74) is 5.17. The fourth-order valence-corrected chi connectivity index (χ4v) is 3.39. The van der Waals surface area contributed by atoms with Crippen molar-refractivity contribution in [2.75, 3.05) is 0 Å². The minimum absolute atomic E-state index is 0.404. The van der Waals surface area contributed by atoms with E-state index in [2.05, 4.69) is 13.8 Å². The van der Waals surface area contributed by atoms with Gasteiger partial charge in [-0.15, -0.1) is 0 Å². The molecule has 1 fully saturated rings. The molecular formula is C15H29NO2. The molecule has 0 radical (unpaired) electrons. The lowest BCUT2D eigenvalue weighted by molar-refractivity contribution is -0.143. The number of hydrogen-bond acceptors (Lipinski definition) is 2. The molecule has 3 nitrogen and oxygen atoms in total. The molecule has 0 bridgehead atoms. The standard InChI is InChI=1S/C15H29NO2/c1-4-12(8-11-15(3,16)13(17)18)14(2)9-6-5-7-10-14/h12H,4-11,16H2,1-3H3,(H,17,18). The zero-order valence-electron chi connectivity index (χ0n) is 12.2. The van der Waals surface area contributed by atoms with Gasteiger partial charge in [0, 0.05) is 0 Å². The number of carboxylic acid groups (broad SMARTS) is 1. The highest BCUT2D eigenvalue weighted by Crippen LogP contribution is 2.45. The first-order chi connectivity index (χ1) is 8.32. The second-order valence-corrected chi connectivity index (χ2v) is 6.58. The van der Waals surface area contributed by atoms with Crippen LogP contribution in [0.4, 0.5) is 0 Å². The fourth-order valence-electron chi connectivity index (χ4n) is 3.39. The summed E-state index contributed by atoms with van der Waals surface area (Å²) < 4.78 is 0. The van der Waals surface area contributed by atoms with Crippen LogP contribution in [0.3, 0.4) is 0 Å². The topological polar surface area (TPSA) is 63.3 Å². The molecule has 0 spiro atoms. The molecule has 0 aromatic rings. The Labute approximate surface area is 111 Å². The Morgan fingerprint density at radius 2 is 1.94 bits per heavy atom. The van der Waals surface area contributed by atoms with Crippen LogP contribution in [0.5, 0.6) is 0 Å². The molecule has 3 N–H and O–H groups in total. The Balaban J connectivity index is 2.59. The fraction of sp³-hybridized carbons (Fsp3) is 0.933. The van der Waals surface area contributed by atoms with Crippen molar-refractivity contribution in [1.82, 2.24) is 0 Å². The second kappa shape index (κ2) is 6.05. The summed E-state index contributed by atoms with van der Waals surface area (Å²) in [5.74, 6) is -0.272. The van der Waals surface area contributed by atoms with Crippen LogP contribution in [0.25, 0.3) is 0 Å². The van der Waals surface area contributed by atoms with E-state index in [-0.39, 0.29) is 0 Å². The smallest absolute Gasteiger partial charge is 0.323 e. The van der Waals surface area contributed by atoms with Crippen LogP contribution in [-0.2, 0) is 4.79 Å². The van der Waals surface area contributed by atoms with Crippen LogP contribution in [-0.4, -0.2) is 16.6 Å². The van der Waals surface area contributed by atoms with E-state index in [0.29, 0.717) is 17.8 Å². The quantitative estimate of drug-likeness (QED) is 0.762. The van der Waals surface area contributed by atoms with Crippen molar-refractivity contribution in [2.45, 2.75) is 77.7 Å². The lowest BCUT2D eigenvalue weighted by Crippen LogP contribution is -2.45. The number of hydrogen-bond donors (Lipinski definition) is 2. The molecule has 18 heavy (non-hydrogen) atoms. The summed E-state index contributed by atoms with van der Waals surface area (Å²) in [5, 5.41) is 9.08. The average Bonchev–Trinajstić information content (AvgIpc) is 2.30. The summed E-state index contributed by atoms with van der Waals surface area (Å²) >= 11 is 0. The number of carboxylic acids is 1. The predicted octanol–water partition coefficient (Wildman–Crippen LogP) is 3.57. The zero-order chi connectivity index (χ0) is 13.8. The maximum Gasteiger partial charge on any atom is 0.323 e. The molecular weight excluding hydrogens is 226 g/mol. The second-order valence-electron chi connectivity index (χ2n) is 6.58. The third-order valence-electron chi connectivity index (χ3n) is 4.97. The van der Waals surface area contributed by atoms with Crippen molar-refractivity contribution >= 4 is 5.97 Å². The van der Waals surface area contributed by atoms with E-state index in [0.717, 1.165) is 12.8 Å². The molecule has 1 rings (SSSR count). The van der Waals surface area contributed by atoms with Gasteiger partial charge in [0.25, 0.3) is 0 Å². The first-order valence-corrected chi connectivity index (χ1v) is 7.34. The highest BCUT2D eigenvalue weighted by molar-refractivity contribution is 5.77. The molecule has 2 atom stereocenters. The summed E-state index contributed by atoms with van der Waals surface area (Å²) in [4.78, 5) is 11.1. The van der Waals surface area contributed by atoms with E-state index in [9.17, 15) is 4.79 Å². The summed E-state index contributed by atoms with van der Waals surface area (Å²) in [6.07, 6.45) is 9.24. The monoisotopic (exact) mass is 255 g/mol. The van der Waals surface area contributed by atoms with Crippen LogP contribution >= 0.6 is 0 Å². The molecule has 106 valence electrons. The van der Waals surface area contributed by atoms with E-state index >= 15 is 0 Å². The lowest BCUT2D eigenvalue weighted by Gasteiger charge is -2.41. The van der Waals surface area contributed by atoms with Gasteiger partial charge >= 0.3 is 5.97 Å². The van der Waals surface area contributed by atoms with Crippen molar-refractivity contribution in [3.63, 3.8) is 0 Å². The average molecular weight is 255 g/mol. The minimum atomic E-state index is -1.07. The summed E-state index contributed by atoms with van der Waals surface area (Å²) in [6.45, 7) is 6.24. The van der Waals surface area contributed by atoms with Gasteiger partial charge in [0.05, 0.1) is 0 Å². The van der Waals surface area contributed by atoms with Gasteiger partial charge < -0.3 is 10.8 Å². The molecule has 0 aromatic carbocycles. The third kappa shape index (κ3) is 3.71. The summed E-state index contributed by atoms with van der Waals surface area (Å²) in [6, 6.07) is 0. The van der Waals surface area contributed by atoms with Crippen molar-refractivity contribution in [3.05, 3.63) is 0 Å². The maximum absolute atomic E-state index is 11.1. The molecule has 0 amide bonds. The SMILES string of the molecule is CCC(CCC(C)(N)C(=O)O)C1(C)CCCCC1. The Kier molecular flexibility index (Phi) is 5.20. The number of nitrogens with two attached hydrogens (primary N) is 1. The zero-order valence-corrected chi connectivity index (χ0v) is 12.2.